The van der Waals surface area contributed by atoms with E-state index in [9.17, 15) is 49.0 Å². The lowest BCUT2D eigenvalue weighted by molar-refractivity contribution is -0.342. The highest BCUT2D eigenvalue weighted by atomic mass is 32.3. The van der Waals surface area contributed by atoms with Crippen molar-refractivity contribution in [2.75, 3.05) is 20.3 Å². The highest BCUT2D eigenvalue weighted by Gasteiger charge is 2.66. The number of ether oxygens (including phenoxy) is 7. The summed E-state index contributed by atoms with van der Waals surface area (Å²) >= 11 is 0. The maximum absolute atomic E-state index is 14.4. The van der Waals surface area contributed by atoms with Crippen molar-refractivity contribution in [3.63, 3.8) is 0 Å². The number of esters is 1. The van der Waals surface area contributed by atoms with E-state index in [0.29, 0.717) is 11.3 Å². The molecule has 0 bridgehead atoms. The minimum Gasteiger partial charge on any atom is -0.856 e. The van der Waals surface area contributed by atoms with Gasteiger partial charge in [0.15, 0.2) is 12.4 Å². The largest absolute Gasteiger partial charge is 0.856 e. The zero-order chi connectivity index (χ0) is 50.7. The number of nitrogens with zero attached hydrogens (tertiary/aromatic N) is 1. The maximum Gasteiger partial charge on any atom is 0.419 e. The van der Waals surface area contributed by atoms with Crippen molar-refractivity contribution >= 4 is 41.2 Å². The van der Waals surface area contributed by atoms with Gasteiger partial charge in [-0.1, -0.05) is 90.1 Å². The van der Waals surface area contributed by atoms with E-state index in [1.807, 2.05) is 41.5 Å². The van der Waals surface area contributed by atoms with Gasteiger partial charge in [0.2, 0.25) is 16.7 Å². The number of alkyl halides is 3. The molecule has 3 saturated heterocycles. The van der Waals surface area contributed by atoms with Crippen LogP contribution in [0.4, 0.5) is 13.2 Å². The van der Waals surface area contributed by atoms with Gasteiger partial charge in [0, 0.05) is 10.1 Å². The van der Waals surface area contributed by atoms with Gasteiger partial charge in [0.25, 0.3) is 0 Å². The summed E-state index contributed by atoms with van der Waals surface area (Å²) in [7, 11) is -13.5. The minimum absolute atomic E-state index is 0.0115. The van der Waals surface area contributed by atoms with Gasteiger partial charge in [0.05, 0.1) is 38.4 Å². The highest BCUT2D eigenvalue weighted by molar-refractivity contribution is 7.81. The molecule has 0 aromatic heterocycles. The third-order valence-corrected chi connectivity index (χ3v) is 17.2. The average molecular weight is 1040 g/mol. The fourth-order valence-electron chi connectivity index (χ4n) is 8.42. The molecule has 69 heavy (non-hydrogen) atoms. The quantitative estimate of drug-likeness (QED) is 0.0516. The maximum atomic E-state index is 14.4. The van der Waals surface area contributed by atoms with Gasteiger partial charge >= 0.3 is 31.1 Å². The van der Waals surface area contributed by atoms with Gasteiger partial charge in [-0.15, -0.1) is 0 Å². The molecule has 3 aromatic carbocycles. The summed E-state index contributed by atoms with van der Waals surface area (Å²) < 4.78 is 179. The van der Waals surface area contributed by atoms with Crippen molar-refractivity contribution in [2.45, 2.75) is 126 Å². The summed E-state index contributed by atoms with van der Waals surface area (Å²) in [6.45, 7) is 8.89. The lowest BCUT2D eigenvalue weighted by Crippen LogP contribution is -2.73. The molecule has 3 aliphatic heterocycles. The first-order valence-corrected chi connectivity index (χ1v) is 25.7. The molecule has 1 N–H and O–H groups in total. The number of hydrogen-bond acceptors (Lipinski definition) is 19. The third kappa shape index (κ3) is 13.4. The van der Waals surface area contributed by atoms with Crippen LogP contribution in [0, 0.1) is 0 Å². The molecule has 0 aliphatic carbocycles. The van der Waals surface area contributed by atoms with E-state index >= 15 is 0 Å². The first-order valence-electron chi connectivity index (χ1n) is 21.2. The summed E-state index contributed by atoms with van der Waals surface area (Å²) in [6, 6.07) is 18.8. The first-order chi connectivity index (χ1) is 32.1. The van der Waals surface area contributed by atoms with E-state index in [4.69, 9.17) is 46.2 Å². The molecule has 26 heteroatoms. The van der Waals surface area contributed by atoms with Gasteiger partial charge in [-0.25, -0.2) is 17.4 Å². The molecule has 20 nitrogen and oxygen atoms in total. The number of hydrogen-bond donors (Lipinski definition) is 1. The first kappa shape index (κ1) is 54.0. The Morgan fingerprint density at radius 1 is 0.826 bits per heavy atom. The Hall–Kier alpha value is -4.29. The molecule has 0 spiro atoms. The van der Waals surface area contributed by atoms with Crippen LogP contribution in [-0.2, 0) is 68.3 Å². The number of aliphatic imine (C=N–C) groups is 1. The predicted octanol–water partition coefficient (Wildman–Crippen LogP) is 4.53. The van der Waals surface area contributed by atoms with E-state index in [1.165, 1.54) is 55.6 Å². The second kappa shape index (κ2) is 21.2. The van der Waals surface area contributed by atoms with Crippen molar-refractivity contribution in [3.05, 3.63) is 96.1 Å². The van der Waals surface area contributed by atoms with E-state index < -0.39 is 132 Å². The van der Waals surface area contributed by atoms with Gasteiger partial charge in [-0.3, -0.25) is 13.7 Å². The Balaban J connectivity index is 1.57. The van der Waals surface area contributed by atoms with E-state index in [2.05, 4.69) is 9.18 Å². The topological polar surface area (TPSA) is 266 Å². The standard InChI is InChI=1S/C43H54F3NO19S2Si/c1-41(2,3)69(42(4,5)6)59-24-30-33(66-69)34(31(47-40(49)43(44,45)46)38(61-30)60-28-20-18-27(56-7)19-21-28)64-39-36(63-37(48)26-16-12-9-13-17-26)35(57-22-25-14-10-8-11-15-25)32(65-68(53,54)55)29(62-39)23-58-67(50,51)52/h8-21,29-36,38-39H,22-24H2,1-7H3,(H,47,49)(H,50,51,52)(H,53,54,55)/p-2/t29-,30-,31-,32-,33+,34-,35+,36-,38-,39+/m1/s1. The van der Waals surface area contributed by atoms with Crippen LogP contribution in [0.5, 0.6) is 11.5 Å². The molecule has 3 heterocycles. The monoisotopic (exact) mass is 1040 g/mol. The summed E-state index contributed by atoms with van der Waals surface area (Å²) in [5.41, 5.74) is 0.321. The predicted molar refractivity (Wildman–Crippen MR) is 232 cm³/mol. The van der Waals surface area contributed by atoms with Crippen LogP contribution in [0.25, 0.3) is 0 Å². The van der Waals surface area contributed by atoms with Crippen LogP contribution in [0.15, 0.2) is 89.9 Å². The average Bonchev–Trinajstić information content (AvgIpc) is 3.26. The number of carbonyl (C=O) groups excluding carboxylic acids is 1. The van der Waals surface area contributed by atoms with Crippen molar-refractivity contribution in [3.8, 4) is 11.5 Å². The van der Waals surface area contributed by atoms with Gasteiger partial charge in [-0.2, -0.15) is 21.6 Å². The van der Waals surface area contributed by atoms with Gasteiger partial charge in [-0.05, 0) is 42.0 Å². The van der Waals surface area contributed by atoms with E-state index in [1.54, 1.807) is 36.4 Å². The molecule has 6 rings (SSSR count). The van der Waals surface area contributed by atoms with Crippen LogP contribution in [0.2, 0.25) is 10.1 Å². The van der Waals surface area contributed by atoms with E-state index in [-0.39, 0.29) is 17.9 Å². The molecule has 3 aliphatic rings. The van der Waals surface area contributed by atoms with Gasteiger partial charge in [0.1, 0.15) is 54.2 Å². The minimum atomic E-state index is -5.60. The molecular formula is C43H52F3NO19S2Si-2. The van der Waals surface area contributed by atoms with Crippen molar-refractivity contribution in [1.29, 1.82) is 0 Å². The van der Waals surface area contributed by atoms with Crippen molar-refractivity contribution in [2.24, 2.45) is 4.99 Å². The molecule has 10 atom stereocenters. The molecular weight excluding hydrogens is 984 g/mol. The molecule has 3 aromatic rings. The summed E-state index contributed by atoms with van der Waals surface area (Å²) in [5, 5.41) is 11.4. The Kier molecular flexibility index (Phi) is 16.6. The smallest absolute Gasteiger partial charge is 0.419 e. The van der Waals surface area contributed by atoms with Crippen LogP contribution >= 0.6 is 0 Å². The van der Waals surface area contributed by atoms with Crippen molar-refractivity contribution in [1.82, 2.24) is 0 Å². The fourth-order valence-corrected chi connectivity index (χ4v) is 14.2. The van der Waals surface area contributed by atoms with Crippen LogP contribution in [0.3, 0.4) is 0 Å². The summed E-state index contributed by atoms with van der Waals surface area (Å²) in [4.78, 5) is 17.6. The third-order valence-electron chi connectivity index (χ3n) is 11.2. The van der Waals surface area contributed by atoms with E-state index in [0.717, 1.165) is 0 Å². The number of carbonyl (C=O) groups is 1. The number of rotatable bonds is 16. The lowest BCUT2D eigenvalue weighted by atomic mass is 9.95. The normalized spacial score (nSPS) is 28.0. The number of methoxy groups -OCH3 is 1. The zero-order valence-corrected chi connectivity index (χ0v) is 40.8. The number of benzene rings is 3. The number of halogens is 3. The van der Waals surface area contributed by atoms with Crippen LogP contribution < -0.4 is 14.6 Å². The molecule has 3 fully saturated rings. The Bertz CT molecular complexity index is 2440. The zero-order valence-electron chi connectivity index (χ0n) is 38.2. The van der Waals surface area contributed by atoms with Gasteiger partial charge < -0.3 is 51.7 Å². The molecule has 0 amide bonds. The Labute approximate surface area is 398 Å². The van der Waals surface area contributed by atoms with Crippen LogP contribution in [0.1, 0.15) is 57.5 Å². The highest BCUT2D eigenvalue weighted by Crippen LogP contribution is 2.55. The number of fused-ring (bicyclic) bond motifs is 1. The Morgan fingerprint density at radius 3 is 1.97 bits per heavy atom. The molecule has 0 radical (unpaired) electrons. The van der Waals surface area contributed by atoms with Crippen molar-refractivity contribution < 1.29 is 99.4 Å². The Morgan fingerprint density at radius 2 is 1.42 bits per heavy atom. The summed E-state index contributed by atoms with van der Waals surface area (Å²) in [6.07, 6.45) is -23.0. The fraction of sp³-hybridized carbons (Fsp3) is 0.535. The SMILES string of the molecule is COc1ccc(O[C@@H]2O[C@@H]3CO[Si](C(C)(C)C)(C(C)(C)C)O[C@@H]3[C@H](O[C@@H]3O[C@H](COS(=O)(=O)[O-])[C@@H](OS(=O)(=O)O)[C@H](OCc4ccccc4)[C@H]3OC(=O)c3ccccc3)[C@H]2N=C([O-])C(F)(F)F)cc1. The molecule has 0 saturated carbocycles. The second-order valence-corrected chi connectivity index (χ2v) is 24.9. The lowest BCUT2D eigenvalue weighted by Gasteiger charge is -2.58. The molecule has 382 valence electrons. The molecule has 0 unspecified atom stereocenters. The van der Waals surface area contributed by atoms with Crippen LogP contribution in [-0.4, -0.2) is 134 Å². The second-order valence-electron chi connectivity index (χ2n) is 18.1. The summed E-state index contributed by atoms with van der Waals surface area (Å²) in [5.74, 6) is -3.39.